The number of hydrogen-bond acceptors (Lipinski definition) is 3. The molecular formula is C14H19N3O. The zero-order valence-electron chi connectivity index (χ0n) is 11.3. The number of nitrogens with one attached hydrogen (secondary N) is 1. The molecule has 4 heteroatoms. The van der Waals surface area contributed by atoms with E-state index < -0.39 is 0 Å². The van der Waals surface area contributed by atoms with Crippen LogP contribution in [0.1, 0.15) is 18.2 Å². The molecule has 0 radical (unpaired) electrons. The van der Waals surface area contributed by atoms with Gasteiger partial charge in [-0.3, -0.25) is 0 Å². The van der Waals surface area contributed by atoms with Crippen molar-refractivity contribution in [2.45, 2.75) is 27.3 Å². The average Bonchev–Trinajstić information content (AvgIpc) is 2.70. The van der Waals surface area contributed by atoms with Gasteiger partial charge < -0.3 is 14.6 Å². The van der Waals surface area contributed by atoms with Gasteiger partial charge in [0.15, 0.2) is 0 Å². The Hall–Kier alpha value is -1.97. The zero-order valence-corrected chi connectivity index (χ0v) is 11.3. The highest BCUT2D eigenvalue weighted by Crippen LogP contribution is 2.23. The molecule has 1 aromatic heterocycles. The van der Waals surface area contributed by atoms with Gasteiger partial charge in [0.25, 0.3) is 0 Å². The summed E-state index contributed by atoms with van der Waals surface area (Å²) in [6.45, 7) is 7.03. The normalized spacial score (nSPS) is 10.4. The maximum absolute atomic E-state index is 5.25. The molecular weight excluding hydrogens is 226 g/mol. The maximum atomic E-state index is 5.25. The molecule has 0 aliphatic heterocycles. The van der Waals surface area contributed by atoms with Gasteiger partial charge in [-0.15, -0.1) is 0 Å². The van der Waals surface area contributed by atoms with E-state index in [9.17, 15) is 0 Å². The van der Waals surface area contributed by atoms with Crippen molar-refractivity contribution in [3.05, 3.63) is 35.7 Å². The first kappa shape index (κ1) is 12.5. The predicted molar refractivity (Wildman–Crippen MR) is 73.7 cm³/mol. The van der Waals surface area contributed by atoms with Gasteiger partial charge in [0, 0.05) is 18.4 Å². The van der Waals surface area contributed by atoms with Crippen LogP contribution in [0.4, 0.5) is 11.6 Å². The highest BCUT2D eigenvalue weighted by atomic mass is 16.5. The lowest BCUT2D eigenvalue weighted by molar-refractivity contribution is 0.412. The molecule has 1 heterocycles. The van der Waals surface area contributed by atoms with Crippen molar-refractivity contribution in [1.29, 1.82) is 0 Å². The van der Waals surface area contributed by atoms with Crippen molar-refractivity contribution in [3.63, 3.8) is 0 Å². The topological polar surface area (TPSA) is 39.1 Å². The molecule has 0 amide bonds. The summed E-state index contributed by atoms with van der Waals surface area (Å²) in [4.78, 5) is 4.47. The van der Waals surface area contributed by atoms with Crippen LogP contribution in [0.25, 0.3) is 0 Å². The van der Waals surface area contributed by atoms with Gasteiger partial charge >= 0.3 is 0 Å². The van der Waals surface area contributed by atoms with E-state index in [0.717, 1.165) is 35.2 Å². The highest BCUT2D eigenvalue weighted by molar-refractivity contribution is 5.57. The Balaban J connectivity index is 2.25. The van der Waals surface area contributed by atoms with Crippen LogP contribution in [0.5, 0.6) is 5.75 Å². The number of imidazole rings is 1. The van der Waals surface area contributed by atoms with Crippen LogP contribution in [0.3, 0.4) is 0 Å². The molecule has 2 aromatic rings. The third-order valence-electron chi connectivity index (χ3n) is 2.89. The number of aryl methyl sites for hydroxylation is 3. The van der Waals surface area contributed by atoms with Crippen molar-refractivity contribution in [2.24, 2.45) is 0 Å². The molecule has 18 heavy (non-hydrogen) atoms. The number of rotatable bonds is 4. The van der Waals surface area contributed by atoms with Gasteiger partial charge in [-0.25, -0.2) is 4.98 Å². The second-order valence-electron chi connectivity index (χ2n) is 4.30. The van der Waals surface area contributed by atoms with Gasteiger partial charge in [-0.2, -0.15) is 0 Å². The third-order valence-corrected chi connectivity index (χ3v) is 2.89. The van der Waals surface area contributed by atoms with Gasteiger partial charge in [-0.05, 0) is 44.5 Å². The first-order valence-corrected chi connectivity index (χ1v) is 6.09. The van der Waals surface area contributed by atoms with E-state index in [2.05, 4.69) is 27.9 Å². The Bertz CT molecular complexity index is 546. The maximum Gasteiger partial charge on any atom is 0.207 e. The highest BCUT2D eigenvalue weighted by Gasteiger charge is 2.05. The molecule has 1 aromatic carbocycles. The fourth-order valence-electron chi connectivity index (χ4n) is 1.97. The van der Waals surface area contributed by atoms with Crippen molar-refractivity contribution in [1.82, 2.24) is 9.55 Å². The van der Waals surface area contributed by atoms with Crippen LogP contribution >= 0.6 is 0 Å². The summed E-state index contributed by atoms with van der Waals surface area (Å²) in [5.41, 5.74) is 3.15. The van der Waals surface area contributed by atoms with Crippen molar-refractivity contribution in [3.8, 4) is 5.75 Å². The molecule has 0 saturated heterocycles. The van der Waals surface area contributed by atoms with Crippen LogP contribution in [-0.2, 0) is 6.54 Å². The summed E-state index contributed by atoms with van der Waals surface area (Å²) >= 11 is 0. The lowest BCUT2D eigenvalue weighted by atomic mass is 10.2. The van der Waals surface area contributed by atoms with E-state index in [1.54, 1.807) is 7.11 Å². The van der Waals surface area contributed by atoms with E-state index in [1.165, 1.54) is 0 Å². The third kappa shape index (κ3) is 2.47. The zero-order chi connectivity index (χ0) is 13.1. The molecule has 0 aliphatic rings. The Morgan fingerprint density at radius 3 is 2.72 bits per heavy atom. The molecule has 1 N–H and O–H groups in total. The summed E-state index contributed by atoms with van der Waals surface area (Å²) in [6.07, 6.45) is 2.04. The average molecular weight is 245 g/mol. The number of ether oxygens (including phenoxy) is 1. The van der Waals surface area contributed by atoms with Crippen LogP contribution in [-0.4, -0.2) is 16.7 Å². The van der Waals surface area contributed by atoms with Crippen LogP contribution in [0.15, 0.2) is 24.4 Å². The van der Waals surface area contributed by atoms with E-state index in [0.29, 0.717) is 0 Å². The van der Waals surface area contributed by atoms with E-state index in [4.69, 9.17) is 4.74 Å². The molecule has 96 valence electrons. The summed E-state index contributed by atoms with van der Waals surface area (Å²) in [7, 11) is 1.68. The molecule has 4 nitrogen and oxygen atoms in total. The predicted octanol–water partition coefficient (Wildman–Crippen LogP) is 3.27. The minimum atomic E-state index is 0.875. The van der Waals surface area contributed by atoms with E-state index in [-0.39, 0.29) is 0 Å². The molecule has 0 unspecified atom stereocenters. The second kappa shape index (κ2) is 5.12. The van der Waals surface area contributed by atoms with Gasteiger partial charge in [0.05, 0.1) is 12.8 Å². The minimum absolute atomic E-state index is 0.875. The smallest absolute Gasteiger partial charge is 0.207 e. The van der Waals surface area contributed by atoms with Gasteiger partial charge in [0.1, 0.15) is 5.75 Å². The summed E-state index contributed by atoms with van der Waals surface area (Å²) in [6, 6.07) is 6.02. The number of anilines is 2. The molecule has 0 aliphatic carbocycles. The van der Waals surface area contributed by atoms with Crippen LogP contribution < -0.4 is 10.1 Å². The van der Waals surface area contributed by atoms with E-state index in [1.807, 2.05) is 32.2 Å². The van der Waals surface area contributed by atoms with Crippen LogP contribution in [0, 0.1) is 13.8 Å². The van der Waals surface area contributed by atoms with Crippen LogP contribution in [0.2, 0.25) is 0 Å². The first-order chi connectivity index (χ1) is 8.63. The lowest BCUT2D eigenvalue weighted by Gasteiger charge is -2.10. The SMILES string of the molecule is CCn1cc(C)nc1Nc1ccc(OC)c(C)c1. The summed E-state index contributed by atoms with van der Waals surface area (Å²) in [5.74, 6) is 1.77. The van der Waals surface area contributed by atoms with Crippen molar-refractivity contribution < 1.29 is 4.74 Å². The number of hydrogen-bond donors (Lipinski definition) is 1. The monoisotopic (exact) mass is 245 g/mol. The number of benzene rings is 1. The number of aromatic nitrogens is 2. The number of nitrogens with zero attached hydrogens (tertiary/aromatic N) is 2. The second-order valence-corrected chi connectivity index (χ2v) is 4.30. The molecule has 0 bridgehead atoms. The van der Waals surface area contributed by atoms with Crippen molar-refractivity contribution >= 4 is 11.6 Å². The quantitative estimate of drug-likeness (QED) is 0.898. The minimum Gasteiger partial charge on any atom is -0.496 e. The molecule has 0 atom stereocenters. The largest absolute Gasteiger partial charge is 0.496 e. The molecule has 0 spiro atoms. The Morgan fingerprint density at radius 1 is 1.33 bits per heavy atom. The Morgan fingerprint density at radius 2 is 2.11 bits per heavy atom. The number of methoxy groups -OCH3 is 1. The Kier molecular flexibility index (Phi) is 3.55. The van der Waals surface area contributed by atoms with Gasteiger partial charge in [0.2, 0.25) is 5.95 Å². The van der Waals surface area contributed by atoms with E-state index >= 15 is 0 Å². The molecule has 2 rings (SSSR count). The fourth-order valence-corrected chi connectivity index (χ4v) is 1.97. The fraction of sp³-hybridized carbons (Fsp3) is 0.357. The van der Waals surface area contributed by atoms with Crippen molar-refractivity contribution in [2.75, 3.05) is 12.4 Å². The lowest BCUT2D eigenvalue weighted by Crippen LogP contribution is -2.01. The summed E-state index contributed by atoms with van der Waals surface area (Å²) < 4.78 is 7.34. The molecule has 0 saturated carbocycles. The standard InChI is InChI=1S/C14H19N3O/c1-5-17-9-11(3)15-14(17)16-12-6-7-13(18-4)10(2)8-12/h6-9H,5H2,1-4H3,(H,15,16). The molecule has 0 fully saturated rings. The first-order valence-electron chi connectivity index (χ1n) is 6.09. The van der Waals surface area contributed by atoms with Gasteiger partial charge in [-0.1, -0.05) is 0 Å². The summed E-state index contributed by atoms with van der Waals surface area (Å²) in [5, 5.41) is 3.33. The Labute approximate surface area is 108 Å².